The van der Waals surface area contributed by atoms with Crippen molar-refractivity contribution in [2.45, 2.75) is 36.6 Å². The maximum absolute atomic E-state index is 12.2. The van der Waals surface area contributed by atoms with Gasteiger partial charge in [-0.1, -0.05) is 31.0 Å². The van der Waals surface area contributed by atoms with Crippen molar-refractivity contribution < 1.29 is 13.2 Å². The number of anilines is 1. The van der Waals surface area contributed by atoms with E-state index in [0.717, 1.165) is 37.0 Å². The molecule has 0 unspecified atom stereocenters. The Labute approximate surface area is 139 Å². The van der Waals surface area contributed by atoms with Gasteiger partial charge >= 0.3 is 0 Å². The smallest absolute Gasteiger partial charge is 0.271 e. The van der Waals surface area contributed by atoms with E-state index in [0.29, 0.717) is 0 Å². The van der Waals surface area contributed by atoms with Gasteiger partial charge in [0.2, 0.25) is 0 Å². The van der Waals surface area contributed by atoms with Crippen molar-refractivity contribution in [1.82, 2.24) is 10.3 Å². The fourth-order valence-corrected chi connectivity index (χ4v) is 4.49. The first-order valence-electron chi connectivity index (χ1n) is 7.39. The Morgan fingerprint density at radius 3 is 2.57 bits per heavy atom. The number of thiazole rings is 1. The van der Waals surface area contributed by atoms with Crippen LogP contribution in [0.15, 0.2) is 40.6 Å². The van der Waals surface area contributed by atoms with Crippen molar-refractivity contribution in [3.63, 3.8) is 0 Å². The molecule has 1 aliphatic carbocycles. The first-order valence-corrected chi connectivity index (χ1v) is 9.75. The van der Waals surface area contributed by atoms with Crippen LogP contribution in [0.2, 0.25) is 0 Å². The molecule has 0 aliphatic heterocycles. The van der Waals surface area contributed by atoms with Gasteiger partial charge < -0.3 is 5.32 Å². The van der Waals surface area contributed by atoms with Crippen molar-refractivity contribution in [3.05, 3.63) is 41.4 Å². The van der Waals surface area contributed by atoms with Gasteiger partial charge in [-0.15, -0.1) is 11.3 Å². The molecule has 1 heterocycles. The molecule has 1 fully saturated rings. The highest BCUT2D eigenvalue weighted by Crippen LogP contribution is 2.21. The third-order valence-electron chi connectivity index (χ3n) is 3.70. The summed E-state index contributed by atoms with van der Waals surface area (Å²) in [5.41, 5.74) is 0.243. The van der Waals surface area contributed by atoms with E-state index in [4.69, 9.17) is 0 Å². The topological polar surface area (TPSA) is 88.2 Å². The molecule has 6 nitrogen and oxygen atoms in total. The summed E-state index contributed by atoms with van der Waals surface area (Å²) in [6, 6.07) is 8.25. The van der Waals surface area contributed by atoms with E-state index in [1.54, 1.807) is 23.6 Å². The van der Waals surface area contributed by atoms with Gasteiger partial charge in [0.15, 0.2) is 5.13 Å². The lowest BCUT2D eigenvalue weighted by molar-refractivity contribution is 0.0933. The molecular formula is C15H17N3O3S2. The monoisotopic (exact) mass is 351 g/mol. The molecule has 1 aliphatic rings. The zero-order valence-corrected chi connectivity index (χ0v) is 14.0. The summed E-state index contributed by atoms with van der Waals surface area (Å²) in [7, 11) is -3.68. The number of sulfonamides is 1. The molecule has 0 radical (unpaired) electrons. The highest BCUT2D eigenvalue weighted by atomic mass is 32.2. The molecule has 1 aromatic heterocycles. The van der Waals surface area contributed by atoms with Crippen molar-refractivity contribution in [2.24, 2.45) is 0 Å². The normalized spacial score (nSPS) is 15.5. The number of carbonyl (C=O) groups is 1. The number of aromatic nitrogens is 1. The third-order valence-corrected chi connectivity index (χ3v) is 5.94. The van der Waals surface area contributed by atoms with Gasteiger partial charge in [-0.05, 0) is 25.0 Å². The summed E-state index contributed by atoms with van der Waals surface area (Å²) in [6.07, 6.45) is 4.24. The van der Waals surface area contributed by atoms with Crippen LogP contribution in [0.4, 0.5) is 5.13 Å². The molecule has 1 saturated carbocycles. The van der Waals surface area contributed by atoms with Crippen LogP contribution in [-0.4, -0.2) is 25.4 Å². The van der Waals surface area contributed by atoms with Gasteiger partial charge in [-0.3, -0.25) is 9.52 Å². The summed E-state index contributed by atoms with van der Waals surface area (Å²) in [6.45, 7) is 0. The largest absolute Gasteiger partial charge is 0.348 e. The van der Waals surface area contributed by atoms with Crippen LogP contribution >= 0.6 is 11.3 Å². The van der Waals surface area contributed by atoms with Crippen molar-refractivity contribution in [3.8, 4) is 0 Å². The Bertz CT molecular complexity index is 781. The second-order valence-corrected chi connectivity index (χ2v) is 7.95. The molecule has 3 rings (SSSR count). The van der Waals surface area contributed by atoms with E-state index >= 15 is 0 Å². The maximum Gasteiger partial charge on any atom is 0.271 e. The lowest BCUT2D eigenvalue weighted by Crippen LogP contribution is -2.32. The molecule has 0 atom stereocenters. The fourth-order valence-electron chi connectivity index (χ4n) is 2.53. The zero-order chi connectivity index (χ0) is 16.3. The zero-order valence-electron chi connectivity index (χ0n) is 12.4. The minimum Gasteiger partial charge on any atom is -0.348 e. The van der Waals surface area contributed by atoms with Crippen molar-refractivity contribution in [1.29, 1.82) is 0 Å². The van der Waals surface area contributed by atoms with E-state index in [1.807, 2.05) is 0 Å². The fraction of sp³-hybridized carbons (Fsp3) is 0.333. The lowest BCUT2D eigenvalue weighted by atomic mass is 10.2. The molecule has 0 saturated heterocycles. The van der Waals surface area contributed by atoms with Crippen LogP contribution in [0.5, 0.6) is 0 Å². The number of amides is 1. The summed E-state index contributed by atoms with van der Waals surface area (Å²) in [5, 5.41) is 4.68. The Kier molecular flexibility index (Phi) is 4.63. The molecule has 0 spiro atoms. The first-order chi connectivity index (χ1) is 11.0. The number of nitrogens with one attached hydrogen (secondary N) is 2. The average Bonchev–Trinajstić information content (AvgIpc) is 3.19. The predicted molar refractivity (Wildman–Crippen MR) is 89.1 cm³/mol. The number of hydrogen-bond donors (Lipinski definition) is 2. The molecule has 1 aromatic carbocycles. The highest BCUT2D eigenvalue weighted by Gasteiger charge is 2.21. The second-order valence-electron chi connectivity index (χ2n) is 5.41. The van der Waals surface area contributed by atoms with Gasteiger partial charge in [0.05, 0.1) is 4.90 Å². The average molecular weight is 351 g/mol. The Morgan fingerprint density at radius 2 is 1.87 bits per heavy atom. The van der Waals surface area contributed by atoms with Gasteiger partial charge in [0.1, 0.15) is 5.69 Å². The highest BCUT2D eigenvalue weighted by molar-refractivity contribution is 7.93. The minimum absolute atomic E-state index is 0.159. The predicted octanol–water partition coefficient (Wildman–Crippen LogP) is 2.62. The number of carbonyl (C=O) groups excluding carboxylic acids is 1. The second kappa shape index (κ2) is 6.67. The van der Waals surface area contributed by atoms with E-state index in [1.165, 1.54) is 12.1 Å². The Morgan fingerprint density at radius 1 is 1.17 bits per heavy atom. The summed E-state index contributed by atoms with van der Waals surface area (Å²) in [5.74, 6) is -0.252. The summed E-state index contributed by atoms with van der Waals surface area (Å²) in [4.78, 5) is 16.3. The molecular weight excluding hydrogens is 334 g/mol. The van der Waals surface area contributed by atoms with Gasteiger partial charge in [-0.2, -0.15) is 0 Å². The van der Waals surface area contributed by atoms with E-state index in [9.17, 15) is 13.2 Å². The number of benzene rings is 1. The summed E-state index contributed by atoms with van der Waals surface area (Å²) >= 11 is 1.10. The Balaban J connectivity index is 1.68. The van der Waals surface area contributed by atoms with Crippen molar-refractivity contribution in [2.75, 3.05) is 4.72 Å². The van der Waals surface area contributed by atoms with E-state index < -0.39 is 10.0 Å². The van der Waals surface area contributed by atoms with Crippen LogP contribution in [0.25, 0.3) is 0 Å². The van der Waals surface area contributed by atoms with Crippen LogP contribution in [0.3, 0.4) is 0 Å². The van der Waals surface area contributed by atoms with Gasteiger partial charge in [0.25, 0.3) is 15.9 Å². The molecule has 122 valence electrons. The number of hydrogen-bond acceptors (Lipinski definition) is 5. The molecule has 2 N–H and O–H groups in total. The van der Waals surface area contributed by atoms with Gasteiger partial charge in [-0.25, -0.2) is 13.4 Å². The van der Waals surface area contributed by atoms with Gasteiger partial charge in [0, 0.05) is 11.4 Å². The molecule has 23 heavy (non-hydrogen) atoms. The SMILES string of the molecule is O=C(NC1CCCC1)c1csc(NS(=O)(=O)c2ccccc2)n1. The molecule has 2 aromatic rings. The number of rotatable bonds is 5. The molecule has 8 heteroatoms. The van der Waals surface area contributed by atoms with Crippen LogP contribution < -0.4 is 10.0 Å². The lowest BCUT2D eigenvalue weighted by Gasteiger charge is -2.09. The molecule has 1 amide bonds. The maximum atomic E-state index is 12.2. The third kappa shape index (κ3) is 3.89. The van der Waals surface area contributed by atoms with E-state index in [2.05, 4.69) is 15.0 Å². The van der Waals surface area contributed by atoms with Crippen molar-refractivity contribution >= 4 is 32.4 Å². The van der Waals surface area contributed by atoms with E-state index in [-0.39, 0.29) is 27.7 Å². The first kappa shape index (κ1) is 15.9. The van der Waals surface area contributed by atoms with Crippen LogP contribution in [-0.2, 0) is 10.0 Å². The quantitative estimate of drug-likeness (QED) is 0.867. The molecule has 0 bridgehead atoms. The standard InChI is InChI=1S/C15H17N3O3S2/c19-14(16-11-6-4-5-7-11)13-10-22-15(17-13)18-23(20,21)12-8-2-1-3-9-12/h1-3,8-11H,4-7H2,(H,16,19)(H,17,18). The Hall–Kier alpha value is -1.93. The minimum atomic E-state index is -3.68. The van der Waals surface area contributed by atoms with Crippen LogP contribution in [0, 0.1) is 0 Å². The van der Waals surface area contributed by atoms with Crippen LogP contribution in [0.1, 0.15) is 36.2 Å². The summed E-state index contributed by atoms with van der Waals surface area (Å²) < 4.78 is 26.8. The number of nitrogens with zero attached hydrogens (tertiary/aromatic N) is 1.